The van der Waals surface area contributed by atoms with Crippen LogP contribution in [0.25, 0.3) is 10.9 Å². The third kappa shape index (κ3) is 5.71. The molecule has 1 aliphatic rings. The molecule has 2 atom stereocenters. The van der Waals surface area contributed by atoms with Crippen molar-refractivity contribution in [2.24, 2.45) is 4.99 Å². The van der Waals surface area contributed by atoms with Gasteiger partial charge in [-0.25, -0.2) is 12.8 Å². The second kappa shape index (κ2) is 9.76. The summed E-state index contributed by atoms with van der Waals surface area (Å²) in [4.78, 5) is 7.27. The lowest BCUT2D eigenvalue weighted by Gasteiger charge is -2.34. The Morgan fingerprint density at radius 2 is 1.97 bits per heavy atom. The minimum Gasteiger partial charge on any atom is -0.373 e. The van der Waals surface area contributed by atoms with E-state index in [1.807, 2.05) is 20.0 Å². The van der Waals surface area contributed by atoms with Gasteiger partial charge in [0, 0.05) is 50.3 Å². The average Bonchev–Trinajstić information content (AvgIpc) is 3.08. The Hall–Kier alpha value is -2.17. The maximum atomic E-state index is 13.5. The fourth-order valence-corrected chi connectivity index (χ4v) is 5.17. The SMILES string of the molecule is CN=C(NCCc1c[nH]c2ccc(F)cc12)NCCS(=O)(=O)N1CC(C)OC(C)C1. The predicted octanol–water partition coefficient (Wildman–Crippen LogP) is 1.45. The van der Waals surface area contributed by atoms with Crippen LogP contribution in [0.5, 0.6) is 0 Å². The van der Waals surface area contributed by atoms with Crippen LogP contribution in [0.4, 0.5) is 4.39 Å². The van der Waals surface area contributed by atoms with E-state index in [2.05, 4.69) is 20.6 Å². The summed E-state index contributed by atoms with van der Waals surface area (Å²) in [6.07, 6.45) is 2.33. The number of H-pyrrole nitrogens is 1. The molecule has 8 nitrogen and oxygen atoms in total. The number of benzene rings is 1. The van der Waals surface area contributed by atoms with E-state index >= 15 is 0 Å². The van der Waals surface area contributed by atoms with Crippen LogP contribution >= 0.6 is 0 Å². The van der Waals surface area contributed by atoms with E-state index in [1.165, 1.54) is 16.4 Å². The molecule has 2 heterocycles. The molecule has 3 rings (SSSR count). The highest BCUT2D eigenvalue weighted by Crippen LogP contribution is 2.19. The topological polar surface area (TPSA) is 98.8 Å². The number of halogens is 1. The molecule has 1 saturated heterocycles. The minimum absolute atomic E-state index is 0.0190. The Labute approximate surface area is 176 Å². The minimum atomic E-state index is -3.37. The van der Waals surface area contributed by atoms with E-state index in [0.29, 0.717) is 32.0 Å². The fourth-order valence-electron chi connectivity index (χ4n) is 3.68. The Balaban J connectivity index is 1.46. The van der Waals surface area contributed by atoms with Crippen molar-refractivity contribution in [1.29, 1.82) is 0 Å². The largest absolute Gasteiger partial charge is 0.373 e. The number of fused-ring (bicyclic) bond motifs is 1. The number of ether oxygens (including phenoxy) is 1. The summed E-state index contributed by atoms with van der Waals surface area (Å²) < 4.78 is 45.8. The molecular formula is C20H30FN5O3S. The van der Waals surface area contributed by atoms with Crippen molar-refractivity contribution in [3.8, 4) is 0 Å². The predicted molar refractivity (Wildman–Crippen MR) is 117 cm³/mol. The highest BCUT2D eigenvalue weighted by molar-refractivity contribution is 7.89. The van der Waals surface area contributed by atoms with Gasteiger partial charge in [0.2, 0.25) is 10.0 Å². The van der Waals surface area contributed by atoms with E-state index in [0.717, 1.165) is 16.5 Å². The van der Waals surface area contributed by atoms with E-state index in [1.54, 1.807) is 13.1 Å². The number of nitrogens with zero attached hydrogens (tertiary/aromatic N) is 2. The molecule has 0 aliphatic carbocycles. The summed E-state index contributed by atoms with van der Waals surface area (Å²) in [6, 6.07) is 4.67. The second-order valence-corrected chi connectivity index (χ2v) is 9.66. The zero-order valence-corrected chi connectivity index (χ0v) is 18.4. The van der Waals surface area contributed by atoms with Crippen molar-refractivity contribution >= 4 is 26.9 Å². The van der Waals surface area contributed by atoms with Crippen LogP contribution in [0.3, 0.4) is 0 Å². The zero-order chi connectivity index (χ0) is 21.7. The van der Waals surface area contributed by atoms with Gasteiger partial charge in [0.25, 0.3) is 0 Å². The first-order valence-corrected chi connectivity index (χ1v) is 11.7. The molecule has 10 heteroatoms. The third-order valence-electron chi connectivity index (χ3n) is 5.07. The molecule has 30 heavy (non-hydrogen) atoms. The molecule has 0 spiro atoms. The lowest BCUT2D eigenvalue weighted by atomic mass is 10.1. The Bertz CT molecular complexity index is 981. The van der Waals surface area contributed by atoms with Gasteiger partial charge in [-0.05, 0) is 44.0 Å². The zero-order valence-electron chi connectivity index (χ0n) is 17.6. The van der Waals surface area contributed by atoms with E-state index in [4.69, 9.17) is 4.74 Å². The number of hydrogen-bond donors (Lipinski definition) is 3. The summed E-state index contributed by atoms with van der Waals surface area (Å²) in [7, 11) is -1.73. The van der Waals surface area contributed by atoms with Gasteiger partial charge < -0.3 is 20.4 Å². The number of hydrogen-bond acceptors (Lipinski definition) is 4. The number of sulfonamides is 1. The Kier molecular flexibility index (Phi) is 7.32. The number of aromatic amines is 1. The first-order chi connectivity index (χ1) is 14.3. The average molecular weight is 440 g/mol. The van der Waals surface area contributed by atoms with Crippen LogP contribution in [0, 0.1) is 5.82 Å². The second-order valence-electron chi connectivity index (χ2n) is 7.57. The van der Waals surface area contributed by atoms with Crippen LogP contribution in [0.2, 0.25) is 0 Å². The van der Waals surface area contributed by atoms with Crippen LogP contribution in [-0.4, -0.2) is 74.9 Å². The first-order valence-electron chi connectivity index (χ1n) is 10.1. The maximum Gasteiger partial charge on any atom is 0.216 e. The number of nitrogens with one attached hydrogen (secondary N) is 3. The summed E-state index contributed by atoms with van der Waals surface area (Å²) >= 11 is 0. The number of morpholine rings is 1. The van der Waals surface area contributed by atoms with Crippen LogP contribution < -0.4 is 10.6 Å². The van der Waals surface area contributed by atoms with Crippen molar-refractivity contribution in [1.82, 2.24) is 19.9 Å². The lowest BCUT2D eigenvalue weighted by molar-refractivity contribution is -0.0440. The standard InChI is InChI=1S/C20H30FN5O3S/c1-14-12-26(13-15(2)29-14)30(27,28)9-8-24-20(22-3)23-7-6-16-11-25-19-5-4-17(21)10-18(16)19/h4-5,10-11,14-15,25H,6-9,12-13H2,1-3H3,(H2,22,23,24). The maximum absolute atomic E-state index is 13.5. The molecule has 1 aromatic heterocycles. The molecule has 2 aromatic rings. The first kappa shape index (κ1) is 22.5. The summed E-state index contributed by atoms with van der Waals surface area (Å²) in [5, 5.41) is 7.08. The van der Waals surface area contributed by atoms with Gasteiger partial charge in [-0.1, -0.05) is 0 Å². The van der Waals surface area contributed by atoms with Crippen LogP contribution in [-0.2, 0) is 21.2 Å². The van der Waals surface area contributed by atoms with Crippen molar-refractivity contribution in [2.75, 3.05) is 39.0 Å². The third-order valence-corrected chi connectivity index (χ3v) is 6.88. The molecule has 2 unspecified atom stereocenters. The van der Waals surface area contributed by atoms with E-state index in [9.17, 15) is 12.8 Å². The fraction of sp³-hybridized carbons (Fsp3) is 0.550. The summed E-state index contributed by atoms with van der Waals surface area (Å²) in [5.74, 6) is 0.244. The number of aliphatic imine (C=N–C) groups is 1. The lowest BCUT2D eigenvalue weighted by Crippen LogP contribution is -2.50. The molecule has 166 valence electrons. The van der Waals surface area contributed by atoms with Gasteiger partial charge in [0.05, 0.1) is 18.0 Å². The van der Waals surface area contributed by atoms with Crippen molar-refractivity contribution in [3.63, 3.8) is 0 Å². The molecule has 0 saturated carbocycles. The number of guanidine groups is 1. The molecule has 1 fully saturated rings. The van der Waals surface area contributed by atoms with Gasteiger partial charge in [0.1, 0.15) is 5.82 Å². The molecule has 0 bridgehead atoms. The van der Waals surface area contributed by atoms with Gasteiger partial charge in [-0.15, -0.1) is 0 Å². The molecular weight excluding hydrogens is 409 g/mol. The van der Waals surface area contributed by atoms with Gasteiger partial charge in [0.15, 0.2) is 5.96 Å². The normalized spacial score (nSPS) is 21.1. The smallest absolute Gasteiger partial charge is 0.216 e. The Morgan fingerprint density at radius 1 is 1.27 bits per heavy atom. The van der Waals surface area contributed by atoms with Gasteiger partial charge in [-0.2, -0.15) is 4.31 Å². The highest BCUT2D eigenvalue weighted by atomic mass is 32.2. The summed E-state index contributed by atoms with van der Waals surface area (Å²) in [5.41, 5.74) is 1.90. The molecule has 3 N–H and O–H groups in total. The van der Waals surface area contributed by atoms with Crippen LogP contribution in [0.1, 0.15) is 19.4 Å². The van der Waals surface area contributed by atoms with E-state index in [-0.39, 0.29) is 30.3 Å². The monoisotopic (exact) mass is 439 g/mol. The van der Waals surface area contributed by atoms with Crippen molar-refractivity contribution < 1.29 is 17.5 Å². The molecule has 1 aromatic carbocycles. The molecule has 0 radical (unpaired) electrons. The quantitative estimate of drug-likeness (QED) is 0.448. The highest BCUT2D eigenvalue weighted by Gasteiger charge is 2.30. The molecule has 1 aliphatic heterocycles. The van der Waals surface area contributed by atoms with Gasteiger partial charge >= 0.3 is 0 Å². The number of rotatable bonds is 7. The molecule has 0 amide bonds. The van der Waals surface area contributed by atoms with Crippen molar-refractivity contribution in [3.05, 3.63) is 35.8 Å². The van der Waals surface area contributed by atoms with E-state index < -0.39 is 10.0 Å². The van der Waals surface area contributed by atoms with Gasteiger partial charge in [-0.3, -0.25) is 4.99 Å². The van der Waals surface area contributed by atoms with Crippen molar-refractivity contribution in [2.45, 2.75) is 32.5 Å². The Morgan fingerprint density at radius 3 is 2.67 bits per heavy atom. The van der Waals surface area contributed by atoms with Crippen LogP contribution in [0.15, 0.2) is 29.4 Å². The summed E-state index contributed by atoms with van der Waals surface area (Å²) in [6.45, 7) is 5.35. The number of aromatic nitrogens is 1.